The zero-order chi connectivity index (χ0) is 13.8. The van der Waals surface area contributed by atoms with E-state index in [-0.39, 0.29) is 11.6 Å². The quantitative estimate of drug-likeness (QED) is 0.899. The molecule has 2 heterocycles. The summed E-state index contributed by atoms with van der Waals surface area (Å²) in [5.74, 6) is 0.448. The van der Waals surface area contributed by atoms with Gasteiger partial charge in [-0.05, 0) is 34.3 Å². The van der Waals surface area contributed by atoms with Gasteiger partial charge in [0, 0.05) is 21.5 Å². The maximum atomic E-state index is 11.9. The van der Waals surface area contributed by atoms with Crippen LogP contribution in [0.3, 0.4) is 0 Å². The Morgan fingerprint density at radius 1 is 1.63 bits per heavy atom. The summed E-state index contributed by atoms with van der Waals surface area (Å²) in [6.45, 7) is 2.65. The van der Waals surface area contributed by atoms with E-state index < -0.39 is 0 Å². The molecule has 2 N–H and O–H groups in total. The minimum Gasteiger partial charge on any atom is -0.490 e. The van der Waals surface area contributed by atoms with Gasteiger partial charge in [-0.1, -0.05) is 0 Å². The lowest BCUT2D eigenvalue weighted by Gasteiger charge is -2.09. The van der Waals surface area contributed by atoms with Gasteiger partial charge in [-0.3, -0.25) is 4.79 Å². The van der Waals surface area contributed by atoms with Crippen LogP contribution in [-0.2, 0) is 6.54 Å². The number of nitrogens with two attached hydrogens (primary N) is 1. The molecule has 0 aliphatic carbocycles. The van der Waals surface area contributed by atoms with Gasteiger partial charge < -0.3 is 10.5 Å². The van der Waals surface area contributed by atoms with E-state index in [1.165, 1.54) is 16.9 Å². The monoisotopic (exact) mass is 343 g/mol. The molecule has 1 unspecified atom stereocenters. The molecule has 7 heteroatoms. The van der Waals surface area contributed by atoms with Gasteiger partial charge in [-0.25, -0.2) is 4.68 Å². The minimum absolute atomic E-state index is 0.0792. The molecule has 0 aliphatic heterocycles. The average molecular weight is 344 g/mol. The summed E-state index contributed by atoms with van der Waals surface area (Å²) in [6.07, 6.45) is 1.53. The number of ether oxygens (including phenoxy) is 1. The number of hydrogen-bond donors (Lipinski definition) is 1. The van der Waals surface area contributed by atoms with Gasteiger partial charge in [0.05, 0.1) is 12.7 Å². The Morgan fingerprint density at radius 2 is 2.42 bits per heavy atom. The molecule has 19 heavy (non-hydrogen) atoms. The fourth-order valence-corrected chi connectivity index (χ4v) is 2.87. The Morgan fingerprint density at radius 3 is 3.00 bits per heavy atom. The maximum Gasteiger partial charge on any atom is 0.270 e. The van der Waals surface area contributed by atoms with E-state index >= 15 is 0 Å². The van der Waals surface area contributed by atoms with E-state index in [1.807, 2.05) is 18.4 Å². The predicted molar refractivity (Wildman–Crippen MR) is 78.8 cm³/mol. The molecule has 0 aromatic carbocycles. The van der Waals surface area contributed by atoms with Gasteiger partial charge in [0.15, 0.2) is 0 Å². The Balaban J connectivity index is 2.11. The Labute approximate surface area is 123 Å². The minimum atomic E-state index is -0.192. The molecular weight excluding hydrogens is 330 g/mol. The number of aromatic nitrogens is 2. The van der Waals surface area contributed by atoms with E-state index in [2.05, 4.69) is 21.0 Å². The van der Waals surface area contributed by atoms with Crippen LogP contribution in [0.5, 0.6) is 5.75 Å². The summed E-state index contributed by atoms with van der Waals surface area (Å²) < 4.78 is 7.74. The summed E-state index contributed by atoms with van der Waals surface area (Å²) in [7, 11) is 0. The van der Waals surface area contributed by atoms with Crippen molar-refractivity contribution < 1.29 is 4.74 Å². The molecule has 2 aromatic rings. The van der Waals surface area contributed by atoms with E-state index in [1.54, 1.807) is 11.3 Å². The molecule has 1 atom stereocenters. The second kappa shape index (κ2) is 6.31. The molecule has 0 spiro atoms. The van der Waals surface area contributed by atoms with Crippen molar-refractivity contribution in [2.45, 2.75) is 19.5 Å². The van der Waals surface area contributed by atoms with Crippen LogP contribution in [0.25, 0.3) is 0 Å². The molecule has 0 saturated heterocycles. The van der Waals surface area contributed by atoms with Gasteiger partial charge in [0.25, 0.3) is 5.56 Å². The molecular formula is C12H14BrN3O2S. The van der Waals surface area contributed by atoms with Gasteiger partial charge in [-0.15, -0.1) is 11.3 Å². The van der Waals surface area contributed by atoms with Crippen LogP contribution in [0.2, 0.25) is 0 Å². The topological polar surface area (TPSA) is 70.1 Å². The van der Waals surface area contributed by atoms with Crippen molar-refractivity contribution in [3.05, 3.63) is 43.4 Å². The first-order valence-electron chi connectivity index (χ1n) is 5.73. The SMILES string of the molecule is CC(N)COc1cnn(Cc2sccc2Br)c(=O)c1. The van der Waals surface area contributed by atoms with E-state index in [0.29, 0.717) is 18.9 Å². The van der Waals surface area contributed by atoms with Gasteiger partial charge in [0.2, 0.25) is 0 Å². The number of thiophene rings is 1. The molecule has 0 bridgehead atoms. The lowest BCUT2D eigenvalue weighted by atomic mass is 10.4. The van der Waals surface area contributed by atoms with Crippen LogP contribution in [-0.4, -0.2) is 22.4 Å². The standard InChI is InChI=1S/C12H14BrN3O2S/c1-8(14)7-18-9-4-12(17)16(15-5-9)6-11-10(13)2-3-19-11/h2-5,8H,6-7,14H2,1H3. The molecule has 0 fully saturated rings. The van der Waals surface area contributed by atoms with Crippen molar-refractivity contribution in [1.29, 1.82) is 0 Å². The van der Waals surface area contributed by atoms with Crippen LogP contribution >= 0.6 is 27.3 Å². The number of halogens is 1. The van der Waals surface area contributed by atoms with Crippen molar-refractivity contribution in [1.82, 2.24) is 9.78 Å². The molecule has 2 aromatic heterocycles. The third-order valence-electron chi connectivity index (χ3n) is 2.34. The van der Waals surface area contributed by atoms with Crippen LogP contribution in [0.4, 0.5) is 0 Å². The van der Waals surface area contributed by atoms with Gasteiger partial charge in [-0.2, -0.15) is 5.10 Å². The number of nitrogens with zero attached hydrogens (tertiary/aromatic N) is 2. The van der Waals surface area contributed by atoms with Crippen molar-refractivity contribution in [2.75, 3.05) is 6.61 Å². The zero-order valence-electron chi connectivity index (χ0n) is 10.4. The summed E-state index contributed by atoms with van der Waals surface area (Å²) in [4.78, 5) is 13.0. The highest BCUT2D eigenvalue weighted by molar-refractivity contribution is 9.10. The number of rotatable bonds is 5. The van der Waals surface area contributed by atoms with Crippen LogP contribution < -0.4 is 16.0 Å². The Hall–Kier alpha value is -1.18. The van der Waals surface area contributed by atoms with E-state index in [0.717, 1.165) is 9.35 Å². The number of hydrogen-bond acceptors (Lipinski definition) is 5. The normalized spacial score (nSPS) is 12.4. The second-order valence-corrected chi connectivity index (χ2v) is 6.02. The van der Waals surface area contributed by atoms with Crippen LogP contribution in [0.1, 0.15) is 11.8 Å². The molecule has 102 valence electrons. The largest absolute Gasteiger partial charge is 0.490 e. The average Bonchev–Trinajstić information content (AvgIpc) is 2.75. The molecule has 0 saturated carbocycles. The third-order valence-corrected chi connectivity index (χ3v) is 4.25. The van der Waals surface area contributed by atoms with Crippen LogP contribution in [0, 0.1) is 0 Å². The summed E-state index contributed by atoms with van der Waals surface area (Å²) in [5, 5.41) is 6.06. The Kier molecular flexibility index (Phi) is 4.73. The summed E-state index contributed by atoms with van der Waals surface area (Å²) >= 11 is 5.01. The Bertz CT molecular complexity index is 609. The highest BCUT2D eigenvalue weighted by Crippen LogP contribution is 2.22. The van der Waals surface area contributed by atoms with Crippen molar-refractivity contribution in [2.24, 2.45) is 5.73 Å². The first kappa shape index (κ1) is 14.2. The second-order valence-electron chi connectivity index (χ2n) is 4.17. The fraction of sp³-hybridized carbons (Fsp3) is 0.333. The van der Waals surface area contributed by atoms with Crippen molar-refractivity contribution >= 4 is 27.3 Å². The lowest BCUT2D eigenvalue weighted by Crippen LogP contribution is -2.26. The summed E-state index contributed by atoms with van der Waals surface area (Å²) in [5.41, 5.74) is 5.39. The molecule has 2 rings (SSSR count). The first-order chi connectivity index (χ1) is 9.06. The molecule has 0 aliphatic rings. The predicted octanol–water partition coefficient (Wildman–Crippen LogP) is 1.84. The van der Waals surface area contributed by atoms with Crippen LogP contribution in [0.15, 0.2) is 33.0 Å². The zero-order valence-corrected chi connectivity index (χ0v) is 12.8. The lowest BCUT2D eigenvalue weighted by molar-refractivity contribution is 0.293. The molecule has 5 nitrogen and oxygen atoms in total. The van der Waals surface area contributed by atoms with Crippen molar-refractivity contribution in [3.8, 4) is 5.75 Å². The maximum absolute atomic E-state index is 11.9. The van der Waals surface area contributed by atoms with E-state index in [4.69, 9.17) is 10.5 Å². The first-order valence-corrected chi connectivity index (χ1v) is 7.41. The van der Waals surface area contributed by atoms with E-state index in [9.17, 15) is 4.79 Å². The molecule has 0 radical (unpaired) electrons. The fourth-order valence-electron chi connectivity index (χ4n) is 1.42. The highest BCUT2D eigenvalue weighted by Gasteiger charge is 2.06. The highest BCUT2D eigenvalue weighted by atomic mass is 79.9. The van der Waals surface area contributed by atoms with Crippen molar-refractivity contribution in [3.63, 3.8) is 0 Å². The molecule has 0 amide bonds. The summed E-state index contributed by atoms with van der Waals surface area (Å²) in [6, 6.07) is 3.30. The third kappa shape index (κ3) is 3.89. The van der Waals surface area contributed by atoms with Gasteiger partial charge >= 0.3 is 0 Å². The smallest absolute Gasteiger partial charge is 0.270 e. The van der Waals surface area contributed by atoms with Gasteiger partial charge in [0.1, 0.15) is 12.4 Å².